The van der Waals surface area contributed by atoms with E-state index in [1.165, 1.54) is 0 Å². The lowest BCUT2D eigenvalue weighted by Crippen LogP contribution is -2.44. The summed E-state index contributed by atoms with van der Waals surface area (Å²) in [5.41, 5.74) is 6.99. The van der Waals surface area contributed by atoms with Crippen molar-refractivity contribution in [1.29, 1.82) is 0 Å². The van der Waals surface area contributed by atoms with Crippen LogP contribution in [0, 0.1) is 5.92 Å². The number of pyridine rings is 1. The highest BCUT2D eigenvalue weighted by molar-refractivity contribution is 5.86. The van der Waals surface area contributed by atoms with Crippen molar-refractivity contribution in [2.24, 2.45) is 11.7 Å². The van der Waals surface area contributed by atoms with E-state index in [1.807, 2.05) is 12.3 Å². The standard InChI is InChI=1S/C17H27N5O.3ClH/c1-21-6-8-22(9-7-21)16-10-13(4-5-19-16)12-20-17(23)14-2-3-15(18)11-14;;;/h4-5,10,14-15H,2-3,6-9,11-12,18H2,1H3,(H,20,23);3*1H. The number of nitrogens with two attached hydrogens (primary N) is 1. The molecule has 1 aliphatic carbocycles. The minimum Gasteiger partial charge on any atom is -0.354 e. The number of carbonyl (C=O) groups is 1. The number of hydrogen-bond acceptors (Lipinski definition) is 5. The van der Waals surface area contributed by atoms with E-state index in [0.29, 0.717) is 6.54 Å². The van der Waals surface area contributed by atoms with Crippen molar-refractivity contribution < 1.29 is 4.79 Å². The molecule has 1 aromatic heterocycles. The van der Waals surface area contributed by atoms with E-state index in [-0.39, 0.29) is 55.1 Å². The molecule has 1 saturated heterocycles. The third-order valence-electron chi connectivity index (χ3n) is 4.95. The molecule has 1 amide bonds. The fraction of sp³-hybridized carbons (Fsp3) is 0.647. The molecule has 9 heteroatoms. The monoisotopic (exact) mass is 425 g/mol. The van der Waals surface area contributed by atoms with Gasteiger partial charge in [0.2, 0.25) is 5.91 Å². The molecule has 2 fully saturated rings. The molecule has 2 unspecified atom stereocenters. The number of nitrogens with one attached hydrogen (secondary N) is 1. The zero-order valence-corrected chi connectivity index (χ0v) is 17.5. The number of carbonyl (C=O) groups excluding carboxylic acids is 1. The Labute approximate surface area is 174 Å². The van der Waals surface area contributed by atoms with E-state index in [9.17, 15) is 4.79 Å². The smallest absolute Gasteiger partial charge is 0.223 e. The molecule has 1 aliphatic heterocycles. The minimum atomic E-state index is 0. The molecular formula is C17H30Cl3N5O. The van der Waals surface area contributed by atoms with Crippen LogP contribution in [-0.2, 0) is 11.3 Å². The van der Waals surface area contributed by atoms with Gasteiger partial charge in [0, 0.05) is 50.9 Å². The third-order valence-corrected chi connectivity index (χ3v) is 4.95. The van der Waals surface area contributed by atoms with E-state index in [4.69, 9.17) is 5.73 Å². The van der Waals surface area contributed by atoms with Crippen LogP contribution in [0.1, 0.15) is 24.8 Å². The normalized spacial score (nSPS) is 22.6. The summed E-state index contributed by atoms with van der Waals surface area (Å²) in [6.45, 7) is 4.68. The highest BCUT2D eigenvalue weighted by atomic mass is 35.5. The van der Waals surface area contributed by atoms with Gasteiger partial charge in [-0.05, 0) is 44.0 Å². The Hall–Kier alpha value is -0.790. The van der Waals surface area contributed by atoms with Crippen LogP contribution in [-0.4, -0.2) is 55.1 Å². The quantitative estimate of drug-likeness (QED) is 0.768. The first-order chi connectivity index (χ1) is 11.1. The number of piperazine rings is 1. The second kappa shape index (κ2) is 11.8. The lowest BCUT2D eigenvalue weighted by molar-refractivity contribution is -0.125. The highest BCUT2D eigenvalue weighted by Gasteiger charge is 2.27. The van der Waals surface area contributed by atoms with Gasteiger partial charge >= 0.3 is 0 Å². The maximum absolute atomic E-state index is 12.2. The molecular weight excluding hydrogens is 397 g/mol. The summed E-state index contributed by atoms with van der Waals surface area (Å²) < 4.78 is 0. The molecule has 2 aliphatic rings. The molecule has 3 N–H and O–H groups in total. The van der Waals surface area contributed by atoms with Crippen LogP contribution < -0.4 is 16.0 Å². The van der Waals surface area contributed by atoms with E-state index in [2.05, 4.69) is 33.2 Å². The SMILES string of the molecule is CN1CCN(c2cc(CNC(=O)C3CCC(N)C3)ccn2)CC1.Cl.Cl.Cl. The van der Waals surface area contributed by atoms with Crippen LogP contribution in [0.2, 0.25) is 0 Å². The van der Waals surface area contributed by atoms with Crippen molar-refractivity contribution in [3.63, 3.8) is 0 Å². The third kappa shape index (κ3) is 6.74. The van der Waals surface area contributed by atoms with E-state index in [0.717, 1.165) is 56.8 Å². The number of likely N-dealkylation sites (N-methyl/N-ethyl adjacent to an activating group) is 1. The van der Waals surface area contributed by atoms with Gasteiger partial charge in [0.25, 0.3) is 0 Å². The van der Waals surface area contributed by atoms with Crippen molar-refractivity contribution in [3.8, 4) is 0 Å². The number of anilines is 1. The molecule has 150 valence electrons. The van der Waals surface area contributed by atoms with Gasteiger partial charge in [-0.25, -0.2) is 4.98 Å². The number of hydrogen-bond donors (Lipinski definition) is 2. The molecule has 0 radical (unpaired) electrons. The van der Waals surface area contributed by atoms with E-state index >= 15 is 0 Å². The zero-order chi connectivity index (χ0) is 16.2. The summed E-state index contributed by atoms with van der Waals surface area (Å²) in [6, 6.07) is 4.25. The van der Waals surface area contributed by atoms with Crippen LogP contribution in [0.3, 0.4) is 0 Å². The predicted octanol–water partition coefficient (Wildman–Crippen LogP) is 1.84. The molecule has 0 spiro atoms. The summed E-state index contributed by atoms with van der Waals surface area (Å²) in [5, 5.41) is 3.05. The maximum atomic E-state index is 12.2. The summed E-state index contributed by atoms with van der Waals surface area (Å²) in [6.07, 6.45) is 4.52. The molecule has 6 nitrogen and oxygen atoms in total. The molecule has 2 atom stereocenters. The molecule has 2 heterocycles. The summed E-state index contributed by atoms with van der Waals surface area (Å²) in [5.74, 6) is 1.23. The van der Waals surface area contributed by atoms with Crippen molar-refractivity contribution in [1.82, 2.24) is 15.2 Å². The molecule has 0 bridgehead atoms. The van der Waals surface area contributed by atoms with Crippen LogP contribution in [0.15, 0.2) is 18.3 Å². The molecule has 1 saturated carbocycles. The Morgan fingerprint density at radius 1 is 1.23 bits per heavy atom. The first-order valence-electron chi connectivity index (χ1n) is 8.53. The Kier molecular flexibility index (Phi) is 11.5. The predicted molar refractivity (Wildman–Crippen MR) is 113 cm³/mol. The number of aromatic nitrogens is 1. The Bertz CT molecular complexity index is 555. The number of nitrogens with zero attached hydrogens (tertiary/aromatic N) is 3. The van der Waals surface area contributed by atoms with Crippen molar-refractivity contribution in [3.05, 3.63) is 23.9 Å². The average molecular weight is 427 g/mol. The van der Waals surface area contributed by atoms with Gasteiger partial charge in [0.1, 0.15) is 5.82 Å². The molecule has 3 rings (SSSR count). The second-order valence-electron chi connectivity index (χ2n) is 6.80. The number of amides is 1. The van der Waals surface area contributed by atoms with Crippen molar-refractivity contribution in [2.45, 2.75) is 31.8 Å². The molecule has 1 aromatic rings. The molecule has 0 aromatic carbocycles. The summed E-state index contributed by atoms with van der Waals surface area (Å²) >= 11 is 0. The fourth-order valence-electron chi connectivity index (χ4n) is 3.37. The minimum absolute atomic E-state index is 0. The summed E-state index contributed by atoms with van der Waals surface area (Å²) in [4.78, 5) is 21.3. The van der Waals surface area contributed by atoms with Gasteiger partial charge in [0.15, 0.2) is 0 Å². The fourth-order valence-corrected chi connectivity index (χ4v) is 3.37. The van der Waals surface area contributed by atoms with Gasteiger partial charge in [-0.1, -0.05) is 0 Å². The average Bonchev–Trinajstić information content (AvgIpc) is 3.00. The van der Waals surface area contributed by atoms with Crippen LogP contribution >= 0.6 is 37.2 Å². The zero-order valence-electron chi connectivity index (χ0n) is 15.1. The van der Waals surface area contributed by atoms with Gasteiger partial charge in [-0.15, -0.1) is 37.2 Å². The topological polar surface area (TPSA) is 74.5 Å². The largest absolute Gasteiger partial charge is 0.354 e. The van der Waals surface area contributed by atoms with Crippen molar-refractivity contribution in [2.75, 3.05) is 38.1 Å². The lowest BCUT2D eigenvalue weighted by atomic mass is 10.1. The first kappa shape index (κ1) is 25.2. The van der Waals surface area contributed by atoms with Gasteiger partial charge in [-0.2, -0.15) is 0 Å². The first-order valence-corrected chi connectivity index (χ1v) is 8.53. The number of halogens is 3. The van der Waals surface area contributed by atoms with Gasteiger partial charge in [-0.3, -0.25) is 4.79 Å². The Morgan fingerprint density at radius 3 is 2.54 bits per heavy atom. The van der Waals surface area contributed by atoms with E-state index < -0.39 is 0 Å². The number of rotatable bonds is 4. The van der Waals surface area contributed by atoms with Gasteiger partial charge < -0.3 is 20.9 Å². The highest BCUT2D eigenvalue weighted by Crippen LogP contribution is 2.24. The van der Waals surface area contributed by atoms with Crippen molar-refractivity contribution >= 4 is 48.9 Å². The summed E-state index contributed by atoms with van der Waals surface area (Å²) in [7, 11) is 2.14. The van der Waals surface area contributed by atoms with Gasteiger partial charge in [0.05, 0.1) is 0 Å². The second-order valence-corrected chi connectivity index (χ2v) is 6.80. The van der Waals surface area contributed by atoms with Crippen LogP contribution in [0.5, 0.6) is 0 Å². The van der Waals surface area contributed by atoms with E-state index in [1.54, 1.807) is 0 Å². The Morgan fingerprint density at radius 2 is 1.92 bits per heavy atom. The maximum Gasteiger partial charge on any atom is 0.223 e. The Balaban J connectivity index is 0.00000208. The van der Waals surface area contributed by atoms with Crippen LogP contribution in [0.25, 0.3) is 0 Å². The molecule has 26 heavy (non-hydrogen) atoms. The lowest BCUT2D eigenvalue weighted by Gasteiger charge is -2.33. The van der Waals surface area contributed by atoms with Crippen LogP contribution in [0.4, 0.5) is 5.82 Å².